The molecule has 1 saturated heterocycles. The fourth-order valence-electron chi connectivity index (χ4n) is 5.74. The molecular weight excluding hydrogens is 350 g/mol. The summed E-state index contributed by atoms with van der Waals surface area (Å²) in [5, 5.41) is 24.3. The molecule has 1 aromatic carbocycles. The quantitative estimate of drug-likeness (QED) is 0.724. The molecule has 5 nitrogen and oxygen atoms in total. The van der Waals surface area contributed by atoms with Gasteiger partial charge in [-0.05, 0) is 37.3 Å². The van der Waals surface area contributed by atoms with Crippen LogP contribution in [0.5, 0.6) is 0 Å². The van der Waals surface area contributed by atoms with Crippen LogP contribution in [-0.2, 0) is 0 Å². The van der Waals surface area contributed by atoms with E-state index in [9.17, 15) is 10.2 Å². The van der Waals surface area contributed by atoms with Crippen LogP contribution in [-0.4, -0.2) is 60.7 Å². The lowest BCUT2D eigenvalue weighted by atomic mass is 9.75. The van der Waals surface area contributed by atoms with Crippen LogP contribution in [0.4, 0.5) is 11.4 Å². The maximum Gasteiger partial charge on any atom is 0.0880 e. The zero-order valence-electron chi connectivity index (χ0n) is 17.2. The van der Waals surface area contributed by atoms with Gasteiger partial charge < -0.3 is 25.3 Å². The van der Waals surface area contributed by atoms with Crippen molar-refractivity contribution in [3.05, 3.63) is 24.3 Å². The number of aliphatic hydroxyl groups excluding tert-OH is 2. The van der Waals surface area contributed by atoms with Crippen LogP contribution in [0.2, 0.25) is 0 Å². The lowest BCUT2D eigenvalue weighted by Crippen LogP contribution is -2.62. The van der Waals surface area contributed by atoms with Gasteiger partial charge in [0, 0.05) is 31.1 Å². The summed E-state index contributed by atoms with van der Waals surface area (Å²) in [5.74, 6) is 0.779. The SMILES string of the molecule is OCC1(CO)CN(CC2CCCCCCC2)CCC1N1CNc2ccccc21. The summed E-state index contributed by atoms with van der Waals surface area (Å²) in [7, 11) is 0. The summed E-state index contributed by atoms with van der Waals surface area (Å²) in [4.78, 5) is 4.90. The van der Waals surface area contributed by atoms with Crippen LogP contribution in [0, 0.1) is 11.3 Å². The minimum Gasteiger partial charge on any atom is -0.396 e. The molecule has 1 saturated carbocycles. The predicted molar refractivity (Wildman–Crippen MR) is 115 cm³/mol. The fourth-order valence-corrected chi connectivity index (χ4v) is 5.74. The summed E-state index contributed by atoms with van der Waals surface area (Å²) >= 11 is 0. The highest BCUT2D eigenvalue weighted by atomic mass is 16.3. The summed E-state index contributed by atoms with van der Waals surface area (Å²) < 4.78 is 0. The third-order valence-corrected chi connectivity index (χ3v) is 7.36. The van der Waals surface area contributed by atoms with Crippen molar-refractivity contribution in [2.75, 3.05) is 49.7 Å². The number of hydrogen-bond donors (Lipinski definition) is 3. The Morgan fingerprint density at radius 2 is 1.68 bits per heavy atom. The normalized spacial score (nSPS) is 26.4. The average Bonchev–Trinajstić information content (AvgIpc) is 3.13. The van der Waals surface area contributed by atoms with Crippen molar-refractivity contribution < 1.29 is 10.2 Å². The van der Waals surface area contributed by atoms with Crippen LogP contribution in [0.25, 0.3) is 0 Å². The number of para-hydroxylation sites is 2. The molecule has 0 radical (unpaired) electrons. The Kier molecular flexibility index (Phi) is 6.44. The van der Waals surface area contributed by atoms with E-state index < -0.39 is 5.41 Å². The molecule has 28 heavy (non-hydrogen) atoms. The Labute approximate surface area is 169 Å². The van der Waals surface area contributed by atoms with Crippen LogP contribution in [0.1, 0.15) is 51.4 Å². The smallest absolute Gasteiger partial charge is 0.0880 e. The number of fused-ring (bicyclic) bond motifs is 1. The van der Waals surface area contributed by atoms with E-state index >= 15 is 0 Å². The van der Waals surface area contributed by atoms with E-state index in [1.807, 2.05) is 0 Å². The molecule has 1 unspecified atom stereocenters. The van der Waals surface area contributed by atoms with Gasteiger partial charge in [0.15, 0.2) is 0 Å². The highest BCUT2D eigenvalue weighted by Gasteiger charge is 2.47. The van der Waals surface area contributed by atoms with Crippen LogP contribution >= 0.6 is 0 Å². The first-order valence-corrected chi connectivity index (χ1v) is 11.3. The van der Waals surface area contributed by atoms with E-state index in [4.69, 9.17) is 0 Å². The predicted octanol–water partition coefficient (Wildman–Crippen LogP) is 3.28. The van der Waals surface area contributed by atoms with E-state index in [0.29, 0.717) is 0 Å². The number of aliphatic hydroxyl groups is 2. The minimum absolute atomic E-state index is 0.0357. The average molecular weight is 388 g/mol. The van der Waals surface area contributed by atoms with Gasteiger partial charge in [0.1, 0.15) is 0 Å². The third-order valence-electron chi connectivity index (χ3n) is 7.36. The zero-order valence-corrected chi connectivity index (χ0v) is 17.2. The number of likely N-dealkylation sites (tertiary alicyclic amines) is 1. The Morgan fingerprint density at radius 1 is 0.964 bits per heavy atom. The molecule has 2 heterocycles. The number of rotatable bonds is 5. The third kappa shape index (κ3) is 4.03. The van der Waals surface area contributed by atoms with Gasteiger partial charge in [-0.25, -0.2) is 0 Å². The highest BCUT2D eigenvalue weighted by Crippen LogP contribution is 2.41. The van der Waals surface area contributed by atoms with Gasteiger partial charge in [-0.3, -0.25) is 0 Å². The molecule has 1 atom stereocenters. The van der Waals surface area contributed by atoms with E-state index in [0.717, 1.165) is 44.3 Å². The number of anilines is 2. The summed E-state index contributed by atoms with van der Waals surface area (Å²) in [5.41, 5.74) is 1.88. The van der Waals surface area contributed by atoms with Gasteiger partial charge in [-0.1, -0.05) is 44.2 Å². The largest absolute Gasteiger partial charge is 0.396 e. The summed E-state index contributed by atoms with van der Waals surface area (Å²) in [6, 6.07) is 8.54. The first-order chi connectivity index (χ1) is 13.8. The molecular formula is C23H37N3O2. The van der Waals surface area contributed by atoms with E-state index in [2.05, 4.69) is 39.4 Å². The number of nitrogens with one attached hydrogen (secondary N) is 1. The molecule has 4 rings (SSSR count). The molecule has 1 aromatic rings. The van der Waals surface area contributed by atoms with Gasteiger partial charge in [0.25, 0.3) is 0 Å². The Bertz CT molecular complexity index is 626. The molecule has 2 fully saturated rings. The second-order valence-corrected chi connectivity index (χ2v) is 9.25. The van der Waals surface area contributed by atoms with Crippen LogP contribution in [0.15, 0.2) is 24.3 Å². The second kappa shape index (κ2) is 9.02. The molecule has 2 aliphatic heterocycles. The first kappa shape index (κ1) is 20.0. The number of hydrogen-bond acceptors (Lipinski definition) is 5. The van der Waals surface area contributed by atoms with E-state index in [1.54, 1.807) is 0 Å². The highest BCUT2D eigenvalue weighted by molar-refractivity contribution is 5.75. The number of benzene rings is 1. The van der Waals surface area contributed by atoms with Gasteiger partial charge >= 0.3 is 0 Å². The molecule has 5 heteroatoms. The second-order valence-electron chi connectivity index (χ2n) is 9.25. The van der Waals surface area contributed by atoms with Crippen molar-refractivity contribution >= 4 is 11.4 Å². The lowest BCUT2D eigenvalue weighted by molar-refractivity contribution is -0.0320. The molecule has 156 valence electrons. The summed E-state index contributed by atoms with van der Waals surface area (Å²) in [6.45, 7) is 3.81. The summed E-state index contributed by atoms with van der Waals surface area (Å²) in [6.07, 6.45) is 10.6. The van der Waals surface area contributed by atoms with Crippen molar-refractivity contribution in [3.63, 3.8) is 0 Å². The molecule has 0 aromatic heterocycles. The van der Waals surface area contributed by atoms with Gasteiger partial charge in [0.05, 0.1) is 31.3 Å². The molecule has 0 bridgehead atoms. The van der Waals surface area contributed by atoms with E-state index in [1.165, 1.54) is 50.6 Å². The van der Waals surface area contributed by atoms with Crippen molar-refractivity contribution in [1.29, 1.82) is 0 Å². The molecule has 0 amide bonds. The maximum atomic E-state index is 10.4. The van der Waals surface area contributed by atoms with Crippen molar-refractivity contribution in [2.45, 2.75) is 57.4 Å². The first-order valence-electron chi connectivity index (χ1n) is 11.3. The molecule has 3 N–H and O–H groups in total. The molecule has 3 aliphatic rings. The minimum atomic E-state index is -0.473. The number of piperidine rings is 1. The van der Waals surface area contributed by atoms with Crippen molar-refractivity contribution in [1.82, 2.24) is 4.90 Å². The van der Waals surface area contributed by atoms with Crippen LogP contribution in [0.3, 0.4) is 0 Å². The standard InChI is InChI=1S/C23H37N3O2/c27-16-23(17-28)15-25(14-19-8-4-2-1-3-5-9-19)13-12-22(23)26-18-24-20-10-6-7-11-21(20)26/h6-7,10-11,19,22,24,27-28H,1-5,8-9,12-18H2. The monoisotopic (exact) mass is 387 g/mol. The fraction of sp³-hybridized carbons (Fsp3) is 0.739. The topological polar surface area (TPSA) is 59.0 Å². The lowest BCUT2D eigenvalue weighted by Gasteiger charge is -2.50. The van der Waals surface area contributed by atoms with Gasteiger partial charge in [0.2, 0.25) is 0 Å². The van der Waals surface area contributed by atoms with Gasteiger partial charge in [-0.15, -0.1) is 0 Å². The Balaban J connectivity index is 1.46. The van der Waals surface area contributed by atoms with Crippen molar-refractivity contribution in [3.8, 4) is 0 Å². The van der Waals surface area contributed by atoms with Crippen molar-refractivity contribution in [2.24, 2.45) is 11.3 Å². The Hall–Kier alpha value is -1.30. The van der Waals surface area contributed by atoms with Crippen LogP contribution < -0.4 is 10.2 Å². The molecule has 0 spiro atoms. The Morgan fingerprint density at radius 3 is 2.43 bits per heavy atom. The zero-order chi connectivity index (χ0) is 19.4. The molecule has 1 aliphatic carbocycles. The van der Waals surface area contributed by atoms with E-state index in [-0.39, 0.29) is 19.3 Å². The van der Waals surface area contributed by atoms with Gasteiger partial charge in [-0.2, -0.15) is 0 Å². The maximum absolute atomic E-state index is 10.4. The number of nitrogens with zero attached hydrogens (tertiary/aromatic N) is 2.